The van der Waals surface area contributed by atoms with Crippen molar-refractivity contribution in [2.75, 3.05) is 6.54 Å². The summed E-state index contributed by atoms with van der Waals surface area (Å²) in [6, 6.07) is 8.52. The predicted octanol–water partition coefficient (Wildman–Crippen LogP) is 2.58. The first kappa shape index (κ1) is 13.1. The Morgan fingerprint density at radius 3 is 2.68 bits per heavy atom. The molecule has 19 heavy (non-hydrogen) atoms. The lowest BCUT2D eigenvalue weighted by Gasteiger charge is -2.49. The van der Waals surface area contributed by atoms with Crippen LogP contribution >= 0.6 is 0 Å². The summed E-state index contributed by atoms with van der Waals surface area (Å²) in [7, 11) is 0. The van der Waals surface area contributed by atoms with E-state index in [1.807, 2.05) is 12.3 Å². The van der Waals surface area contributed by atoms with Crippen LogP contribution in [0.4, 0.5) is 0 Å². The Balaban J connectivity index is 1.68. The number of aromatic nitrogens is 1. The summed E-state index contributed by atoms with van der Waals surface area (Å²) in [4.78, 5) is 7.22. The molecule has 2 bridgehead atoms. The van der Waals surface area contributed by atoms with E-state index < -0.39 is 0 Å². The standard InChI is InChI=1S/C16H25N3/c1-2-17-14-10-15-7-5-8-16(11-14)19(15)12-13-6-3-4-9-18-13/h3-4,6,9,14-17H,2,5,7-8,10-12H2,1H3. The van der Waals surface area contributed by atoms with Crippen LogP contribution in [0, 0.1) is 0 Å². The Labute approximate surface area is 116 Å². The zero-order valence-corrected chi connectivity index (χ0v) is 11.9. The number of fused-ring (bicyclic) bond motifs is 2. The normalized spacial score (nSPS) is 31.3. The highest BCUT2D eigenvalue weighted by Crippen LogP contribution is 2.34. The van der Waals surface area contributed by atoms with E-state index in [2.05, 4.69) is 34.3 Å². The van der Waals surface area contributed by atoms with Gasteiger partial charge in [0.25, 0.3) is 0 Å². The molecule has 2 atom stereocenters. The summed E-state index contributed by atoms with van der Waals surface area (Å²) in [6.45, 7) is 4.36. The monoisotopic (exact) mass is 259 g/mol. The van der Waals surface area contributed by atoms with Crippen molar-refractivity contribution in [1.82, 2.24) is 15.2 Å². The molecule has 0 radical (unpaired) electrons. The van der Waals surface area contributed by atoms with Crippen molar-refractivity contribution in [3.05, 3.63) is 30.1 Å². The second-order valence-electron chi connectivity index (χ2n) is 5.96. The molecule has 104 valence electrons. The molecule has 3 heteroatoms. The Morgan fingerprint density at radius 1 is 1.26 bits per heavy atom. The van der Waals surface area contributed by atoms with Gasteiger partial charge in [-0.05, 0) is 44.4 Å². The first-order valence-electron chi connectivity index (χ1n) is 7.76. The van der Waals surface area contributed by atoms with Crippen molar-refractivity contribution in [1.29, 1.82) is 0 Å². The fourth-order valence-corrected chi connectivity index (χ4v) is 3.87. The van der Waals surface area contributed by atoms with Crippen molar-refractivity contribution in [2.45, 2.75) is 63.7 Å². The summed E-state index contributed by atoms with van der Waals surface area (Å²) in [6.07, 6.45) is 8.69. The van der Waals surface area contributed by atoms with Crippen molar-refractivity contribution >= 4 is 0 Å². The van der Waals surface area contributed by atoms with Gasteiger partial charge in [0, 0.05) is 30.9 Å². The average molecular weight is 259 g/mol. The van der Waals surface area contributed by atoms with Gasteiger partial charge in [-0.25, -0.2) is 0 Å². The molecule has 2 aliphatic heterocycles. The van der Waals surface area contributed by atoms with E-state index in [0.717, 1.165) is 31.2 Å². The zero-order chi connectivity index (χ0) is 13.1. The third-order valence-electron chi connectivity index (χ3n) is 4.69. The maximum absolute atomic E-state index is 4.50. The third-order valence-corrected chi connectivity index (χ3v) is 4.69. The molecule has 3 nitrogen and oxygen atoms in total. The largest absolute Gasteiger partial charge is 0.314 e. The lowest BCUT2D eigenvalue weighted by atomic mass is 9.81. The SMILES string of the molecule is CCNC1CC2CCCC(C1)N2Cc1ccccn1. The molecule has 1 aromatic heterocycles. The van der Waals surface area contributed by atoms with E-state index in [-0.39, 0.29) is 0 Å². The van der Waals surface area contributed by atoms with Crippen LogP contribution in [0.15, 0.2) is 24.4 Å². The highest BCUT2D eigenvalue weighted by atomic mass is 15.2. The van der Waals surface area contributed by atoms with Crippen LogP contribution in [0.2, 0.25) is 0 Å². The van der Waals surface area contributed by atoms with Crippen LogP contribution in [-0.2, 0) is 6.54 Å². The van der Waals surface area contributed by atoms with E-state index in [9.17, 15) is 0 Å². The maximum Gasteiger partial charge on any atom is 0.0544 e. The number of rotatable bonds is 4. The molecule has 3 rings (SSSR count). The van der Waals surface area contributed by atoms with Gasteiger partial charge in [0.1, 0.15) is 0 Å². The van der Waals surface area contributed by atoms with Crippen LogP contribution in [-0.4, -0.2) is 34.6 Å². The topological polar surface area (TPSA) is 28.2 Å². The molecule has 0 aromatic carbocycles. The molecule has 1 N–H and O–H groups in total. The molecule has 2 fully saturated rings. The highest BCUT2D eigenvalue weighted by molar-refractivity contribution is 5.05. The van der Waals surface area contributed by atoms with Crippen LogP contribution in [0.1, 0.15) is 44.7 Å². The zero-order valence-electron chi connectivity index (χ0n) is 11.9. The molecule has 0 spiro atoms. The van der Waals surface area contributed by atoms with Crippen LogP contribution in [0.3, 0.4) is 0 Å². The number of hydrogen-bond donors (Lipinski definition) is 1. The smallest absolute Gasteiger partial charge is 0.0544 e. The van der Waals surface area contributed by atoms with Gasteiger partial charge in [0.2, 0.25) is 0 Å². The van der Waals surface area contributed by atoms with E-state index in [1.165, 1.54) is 37.8 Å². The number of nitrogens with one attached hydrogen (secondary N) is 1. The van der Waals surface area contributed by atoms with Gasteiger partial charge in [0.05, 0.1) is 5.69 Å². The number of piperidine rings is 2. The predicted molar refractivity (Wildman–Crippen MR) is 77.9 cm³/mol. The van der Waals surface area contributed by atoms with E-state index in [0.29, 0.717) is 0 Å². The summed E-state index contributed by atoms with van der Waals surface area (Å²) in [5.74, 6) is 0. The number of pyridine rings is 1. The summed E-state index contributed by atoms with van der Waals surface area (Å²) < 4.78 is 0. The minimum Gasteiger partial charge on any atom is -0.314 e. The van der Waals surface area contributed by atoms with Gasteiger partial charge in [-0.1, -0.05) is 19.4 Å². The molecule has 1 aromatic rings. The van der Waals surface area contributed by atoms with Gasteiger partial charge in [-0.2, -0.15) is 0 Å². The Hall–Kier alpha value is -0.930. The number of nitrogens with zero attached hydrogens (tertiary/aromatic N) is 2. The molecule has 0 saturated carbocycles. The van der Waals surface area contributed by atoms with Crippen molar-refractivity contribution in [2.24, 2.45) is 0 Å². The molecule has 3 heterocycles. The Morgan fingerprint density at radius 2 is 2.05 bits per heavy atom. The van der Waals surface area contributed by atoms with E-state index >= 15 is 0 Å². The fourth-order valence-electron chi connectivity index (χ4n) is 3.87. The van der Waals surface area contributed by atoms with E-state index in [1.54, 1.807) is 0 Å². The van der Waals surface area contributed by atoms with Crippen molar-refractivity contribution in [3.8, 4) is 0 Å². The molecule has 2 aliphatic rings. The molecule has 2 saturated heterocycles. The number of hydrogen-bond acceptors (Lipinski definition) is 3. The second kappa shape index (κ2) is 6.02. The van der Waals surface area contributed by atoms with Crippen molar-refractivity contribution < 1.29 is 0 Å². The lowest BCUT2D eigenvalue weighted by molar-refractivity contribution is 0.0170. The fraction of sp³-hybridized carbons (Fsp3) is 0.688. The second-order valence-corrected chi connectivity index (χ2v) is 5.96. The molecule has 2 unspecified atom stereocenters. The highest BCUT2D eigenvalue weighted by Gasteiger charge is 2.37. The first-order valence-corrected chi connectivity index (χ1v) is 7.76. The Bertz CT molecular complexity index is 378. The van der Waals surface area contributed by atoms with Crippen LogP contribution < -0.4 is 5.32 Å². The van der Waals surface area contributed by atoms with Gasteiger partial charge < -0.3 is 5.32 Å². The van der Waals surface area contributed by atoms with Crippen LogP contribution in [0.25, 0.3) is 0 Å². The quantitative estimate of drug-likeness (QED) is 0.901. The van der Waals surface area contributed by atoms with Gasteiger partial charge in [0.15, 0.2) is 0 Å². The molecular weight excluding hydrogens is 234 g/mol. The summed E-state index contributed by atoms with van der Waals surface area (Å²) in [5.41, 5.74) is 1.22. The van der Waals surface area contributed by atoms with Gasteiger partial charge in [-0.15, -0.1) is 0 Å². The van der Waals surface area contributed by atoms with Gasteiger partial charge in [-0.3, -0.25) is 9.88 Å². The molecular formula is C16H25N3. The summed E-state index contributed by atoms with van der Waals surface area (Å²) >= 11 is 0. The van der Waals surface area contributed by atoms with E-state index in [4.69, 9.17) is 0 Å². The third kappa shape index (κ3) is 2.98. The lowest BCUT2D eigenvalue weighted by Crippen LogP contribution is -2.55. The molecule has 0 amide bonds. The van der Waals surface area contributed by atoms with Crippen LogP contribution in [0.5, 0.6) is 0 Å². The van der Waals surface area contributed by atoms with Gasteiger partial charge >= 0.3 is 0 Å². The average Bonchev–Trinajstić information content (AvgIpc) is 2.41. The first-order chi connectivity index (χ1) is 9.36. The minimum atomic E-state index is 0.736. The maximum atomic E-state index is 4.50. The summed E-state index contributed by atoms with van der Waals surface area (Å²) in [5, 5.41) is 3.66. The Kier molecular flexibility index (Phi) is 4.14. The van der Waals surface area contributed by atoms with Crippen molar-refractivity contribution in [3.63, 3.8) is 0 Å². The minimum absolute atomic E-state index is 0.736. The molecule has 0 aliphatic carbocycles.